The van der Waals surface area contributed by atoms with Crippen LogP contribution in [0.5, 0.6) is 5.75 Å². The summed E-state index contributed by atoms with van der Waals surface area (Å²) in [6.07, 6.45) is -1.01. The maximum atomic E-state index is 12.7. The van der Waals surface area contributed by atoms with Crippen LogP contribution >= 0.6 is 15.9 Å². The zero-order chi connectivity index (χ0) is 17.7. The molecule has 0 aromatic heterocycles. The molecule has 5 nitrogen and oxygen atoms in total. The number of nitrogens with zero attached hydrogens (tertiary/aromatic N) is 1. The zero-order valence-corrected chi connectivity index (χ0v) is 15.4. The number of hydroxylamine groups is 2. The van der Waals surface area contributed by atoms with Gasteiger partial charge in [0.2, 0.25) is 0 Å². The number of methoxy groups -OCH3 is 1. The van der Waals surface area contributed by atoms with Gasteiger partial charge in [0.15, 0.2) is 0 Å². The lowest BCUT2D eigenvalue weighted by Gasteiger charge is -2.26. The normalized spacial score (nSPS) is 13.2. The molecular weight excluding hydrogens is 374 g/mol. The summed E-state index contributed by atoms with van der Waals surface area (Å²) >= 11 is 3.38. The number of likely N-dealkylation sites (N-methyl/N-ethyl adjacent to an activating group) is 1. The van der Waals surface area contributed by atoms with Crippen LogP contribution in [0.3, 0.4) is 0 Å². The molecule has 0 heterocycles. The van der Waals surface area contributed by atoms with Gasteiger partial charge in [-0.15, -0.1) is 0 Å². The Morgan fingerprint density at radius 3 is 2.08 bits per heavy atom. The number of hydrogen-bond donors (Lipinski definition) is 1. The van der Waals surface area contributed by atoms with E-state index in [1.54, 1.807) is 31.4 Å². The Morgan fingerprint density at radius 2 is 1.58 bits per heavy atom. The van der Waals surface area contributed by atoms with E-state index in [9.17, 15) is 9.90 Å². The summed E-state index contributed by atoms with van der Waals surface area (Å²) in [4.78, 5) is 17.7. The van der Waals surface area contributed by atoms with Gasteiger partial charge in [0.1, 0.15) is 5.75 Å². The van der Waals surface area contributed by atoms with Crippen molar-refractivity contribution in [2.24, 2.45) is 0 Å². The van der Waals surface area contributed by atoms with Gasteiger partial charge in [-0.3, -0.25) is 9.63 Å². The topological polar surface area (TPSA) is 59.0 Å². The van der Waals surface area contributed by atoms with E-state index in [4.69, 9.17) is 9.57 Å². The summed E-state index contributed by atoms with van der Waals surface area (Å²) in [7, 11) is 4.51. The Morgan fingerprint density at radius 1 is 1.04 bits per heavy atom. The third kappa shape index (κ3) is 4.14. The third-order valence-electron chi connectivity index (χ3n) is 3.85. The minimum atomic E-state index is -1.01. The van der Waals surface area contributed by atoms with Crippen molar-refractivity contribution < 1.29 is 19.5 Å². The molecule has 0 spiro atoms. The van der Waals surface area contributed by atoms with Crippen LogP contribution in [0.15, 0.2) is 53.0 Å². The minimum Gasteiger partial charge on any atom is -0.497 e. The second-order valence-corrected chi connectivity index (χ2v) is 6.18. The van der Waals surface area contributed by atoms with Gasteiger partial charge in [-0.05, 0) is 35.4 Å². The average molecular weight is 394 g/mol. The molecule has 0 saturated carbocycles. The number of ether oxygens (including phenoxy) is 1. The molecule has 128 valence electrons. The van der Waals surface area contributed by atoms with Crippen LogP contribution in [-0.4, -0.2) is 37.3 Å². The zero-order valence-electron chi connectivity index (χ0n) is 13.8. The van der Waals surface area contributed by atoms with Crippen LogP contribution in [0, 0.1) is 0 Å². The van der Waals surface area contributed by atoms with Crippen molar-refractivity contribution in [2.45, 2.75) is 12.0 Å². The summed E-state index contributed by atoms with van der Waals surface area (Å²) in [5.74, 6) is -0.425. The number of halogens is 1. The van der Waals surface area contributed by atoms with E-state index in [0.29, 0.717) is 16.9 Å². The lowest BCUT2D eigenvalue weighted by atomic mass is 9.88. The number of amides is 1. The molecule has 2 aromatic carbocycles. The van der Waals surface area contributed by atoms with E-state index in [2.05, 4.69) is 15.9 Å². The molecule has 0 saturated heterocycles. The fourth-order valence-corrected chi connectivity index (χ4v) is 2.67. The number of carbonyl (C=O) groups is 1. The molecule has 0 unspecified atom stereocenters. The smallest absolute Gasteiger partial charge is 0.256 e. The van der Waals surface area contributed by atoms with Gasteiger partial charge >= 0.3 is 0 Å². The largest absolute Gasteiger partial charge is 0.497 e. The SMILES string of the molecule is COc1ccc([C@@H](O)[C@@H](C(=O)N(C)OC)c2ccc(Br)cc2)cc1. The van der Waals surface area contributed by atoms with Crippen molar-refractivity contribution >= 4 is 21.8 Å². The first-order chi connectivity index (χ1) is 11.5. The first kappa shape index (κ1) is 18.4. The Labute approximate surface area is 149 Å². The van der Waals surface area contributed by atoms with Gasteiger partial charge in [-0.1, -0.05) is 40.2 Å². The summed E-state index contributed by atoms with van der Waals surface area (Å²) in [6.45, 7) is 0. The molecule has 2 atom stereocenters. The molecule has 2 aromatic rings. The fraction of sp³-hybridized carbons (Fsp3) is 0.278. The van der Waals surface area contributed by atoms with Crippen molar-refractivity contribution in [3.8, 4) is 5.75 Å². The van der Waals surface area contributed by atoms with Crippen molar-refractivity contribution in [1.29, 1.82) is 0 Å². The first-order valence-corrected chi connectivity index (χ1v) is 8.16. The molecule has 0 aliphatic rings. The quantitative estimate of drug-likeness (QED) is 0.764. The van der Waals surface area contributed by atoms with Crippen molar-refractivity contribution in [3.05, 3.63) is 64.1 Å². The van der Waals surface area contributed by atoms with E-state index in [-0.39, 0.29) is 5.91 Å². The molecule has 0 bridgehead atoms. The third-order valence-corrected chi connectivity index (χ3v) is 4.38. The molecule has 0 radical (unpaired) electrons. The van der Waals surface area contributed by atoms with Crippen LogP contribution < -0.4 is 4.74 Å². The van der Waals surface area contributed by atoms with Crippen molar-refractivity contribution in [1.82, 2.24) is 5.06 Å². The van der Waals surface area contributed by atoms with Crippen LogP contribution in [0.1, 0.15) is 23.1 Å². The molecule has 0 aliphatic heterocycles. The Hall–Kier alpha value is -1.89. The second kappa shape index (κ2) is 8.28. The Kier molecular flexibility index (Phi) is 6.36. The summed E-state index contributed by atoms with van der Waals surface area (Å²) in [5.41, 5.74) is 1.33. The predicted molar refractivity (Wildman–Crippen MR) is 94.6 cm³/mol. The highest BCUT2D eigenvalue weighted by atomic mass is 79.9. The van der Waals surface area contributed by atoms with E-state index in [1.165, 1.54) is 14.2 Å². The highest BCUT2D eigenvalue weighted by molar-refractivity contribution is 9.10. The second-order valence-electron chi connectivity index (χ2n) is 5.27. The summed E-state index contributed by atoms with van der Waals surface area (Å²) in [6, 6.07) is 14.3. The number of aliphatic hydroxyl groups is 1. The van der Waals surface area contributed by atoms with Crippen LogP contribution in [0.4, 0.5) is 0 Å². The van der Waals surface area contributed by atoms with E-state index in [0.717, 1.165) is 9.54 Å². The van der Waals surface area contributed by atoms with Gasteiger partial charge in [-0.2, -0.15) is 0 Å². The van der Waals surface area contributed by atoms with Gasteiger partial charge in [0.25, 0.3) is 5.91 Å². The molecule has 1 N–H and O–H groups in total. The number of rotatable bonds is 6. The van der Waals surface area contributed by atoms with Crippen LogP contribution in [-0.2, 0) is 9.63 Å². The number of aliphatic hydroxyl groups excluding tert-OH is 1. The summed E-state index contributed by atoms with van der Waals surface area (Å²) in [5, 5.41) is 12.0. The average Bonchev–Trinajstić information content (AvgIpc) is 2.62. The number of hydrogen-bond acceptors (Lipinski definition) is 4. The molecule has 0 fully saturated rings. The van der Waals surface area contributed by atoms with Crippen molar-refractivity contribution in [2.75, 3.05) is 21.3 Å². The van der Waals surface area contributed by atoms with E-state index in [1.807, 2.05) is 24.3 Å². The predicted octanol–water partition coefficient (Wildman–Crippen LogP) is 3.29. The Bertz CT molecular complexity index is 672. The monoisotopic (exact) mass is 393 g/mol. The Balaban J connectivity index is 2.39. The molecule has 0 aliphatic carbocycles. The maximum absolute atomic E-state index is 12.7. The molecule has 1 amide bonds. The first-order valence-electron chi connectivity index (χ1n) is 7.37. The van der Waals surface area contributed by atoms with Gasteiger partial charge < -0.3 is 9.84 Å². The van der Waals surface area contributed by atoms with Crippen LogP contribution in [0.25, 0.3) is 0 Å². The van der Waals surface area contributed by atoms with E-state index >= 15 is 0 Å². The van der Waals surface area contributed by atoms with Gasteiger partial charge in [0, 0.05) is 11.5 Å². The lowest BCUT2D eigenvalue weighted by molar-refractivity contribution is -0.173. The fourth-order valence-electron chi connectivity index (χ4n) is 2.41. The number of benzene rings is 2. The highest BCUT2D eigenvalue weighted by Crippen LogP contribution is 2.34. The number of carbonyl (C=O) groups excluding carboxylic acids is 1. The standard InChI is InChI=1S/C18H20BrNO4/c1-20(24-3)18(22)16(12-4-8-14(19)9-5-12)17(21)13-6-10-15(23-2)11-7-13/h4-11,16-17,21H,1-3H3/t16-,17+/m0/s1. The lowest BCUT2D eigenvalue weighted by Crippen LogP contribution is -2.34. The minimum absolute atomic E-state index is 0.330. The van der Waals surface area contributed by atoms with Crippen molar-refractivity contribution in [3.63, 3.8) is 0 Å². The maximum Gasteiger partial charge on any atom is 0.256 e. The van der Waals surface area contributed by atoms with E-state index < -0.39 is 12.0 Å². The van der Waals surface area contributed by atoms with Gasteiger partial charge in [0.05, 0.1) is 26.2 Å². The highest BCUT2D eigenvalue weighted by Gasteiger charge is 2.32. The molecule has 24 heavy (non-hydrogen) atoms. The molecule has 6 heteroatoms. The molecule has 2 rings (SSSR count). The van der Waals surface area contributed by atoms with Gasteiger partial charge in [-0.25, -0.2) is 5.06 Å². The summed E-state index contributed by atoms with van der Waals surface area (Å²) < 4.78 is 6.03. The van der Waals surface area contributed by atoms with Crippen LogP contribution in [0.2, 0.25) is 0 Å². The molecular formula is C18H20BrNO4.